The van der Waals surface area contributed by atoms with Crippen LogP contribution in [-0.4, -0.2) is 23.3 Å². The van der Waals surface area contributed by atoms with E-state index >= 15 is 0 Å². The average Bonchev–Trinajstić information content (AvgIpc) is 2.71. The van der Waals surface area contributed by atoms with E-state index in [4.69, 9.17) is 4.74 Å². The van der Waals surface area contributed by atoms with Crippen LogP contribution in [0, 0.1) is 0 Å². The van der Waals surface area contributed by atoms with Gasteiger partial charge in [-0.05, 0) is 26.0 Å². The molecule has 0 aliphatic carbocycles. The zero-order chi connectivity index (χ0) is 13.1. The van der Waals surface area contributed by atoms with Gasteiger partial charge in [-0.15, -0.1) is 11.3 Å². The molecule has 0 radical (unpaired) electrons. The fourth-order valence-electron chi connectivity index (χ4n) is 1.68. The molecular weight excluding hydrogens is 250 g/mol. The van der Waals surface area contributed by atoms with Gasteiger partial charge in [0.2, 0.25) is 0 Å². The molecule has 0 aliphatic rings. The Morgan fingerprint density at radius 2 is 2.11 bits per heavy atom. The second kappa shape index (κ2) is 5.27. The highest BCUT2D eigenvalue weighted by molar-refractivity contribution is 7.18. The molecule has 0 saturated carbocycles. The minimum atomic E-state index is -0.901. The lowest BCUT2D eigenvalue weighted by molar-refractivity contribution is -0.147. The van der Waals surface area contributed by atoms with Crippen molar-refractivity contribution < 1.29 is 14.3 Å². The van der Waals surface area contributed by atoms with Gasteiger partial charge in [0.25, 0.3) is 0 Å². The van der Waals surface area contributed by atoms with E-state index in [1.807, 2.05) is 24.3 Å². The second-order valence-corrected chi connectivity index (χ2v) is 4.88. The predicted molar refractivity (Wildman–Crippen MR) is 69.7 cm³/mol. The van der Waals surface area contributed by atoms with Crippen molar-refractivity contribution in [3.05, 3.63) is 29.3 Å². The highest BCUT2D eigenvalue weighted by Gasteiger charge is 2.29. The van der Waals surface area contributed by atoms with Crippen LogP contribution in [0.2, 0.25) is 0 Å². The molecular formula is C13H13NO3S. The van der Waals surface area contributed by atoms with Crippen molar-refractivity contribution in [2.24, 2.45) is 0 Å². The van der Waals surface area contributed by atoms with Crippen LogP contribution >= 0.6 is 11.3 Å². The highest BCUT2D eigenvalue weighted by atomic mass is 32.1. The molecule has 1 aromatic carbocycles. The van der Waals surface area contributed by atoms with E-state index in [1.54, 1.807) is 6.92 Å². The Bertz CT molecular complexity index is 558. The molecule has 0 fully saturated rings. The Morgan fingerprint density at radius 1 is 1.39 bits per heavy atom. The summed E-state index contributed by atoms with van der Waals surface area (Å²) >= 11 is 1.36. The van der Waals surface area contributed by atoms with Gasteiger partial charge in [0.15, 0.2) is 11.7 Å². The van der Waals surface area contributed by atoms with Gasteiger partial charge in [-0.1, -0.05) is 12.1 Å². The molecule has 0 saturated heterocycles. The van der Waals surface area contributed by atoms with E-state index in [0.717, 1.165) is 10.2 Å². The number of Topliss-reactive ketones (excluding diaryl/α,β-unsaturated/α-hetero) is 1. The molecule has 94 valence electrons. The first kappa shape index (κ1) is 12.7. The summed E-state index contributed by atoms with van der Waals surface area (Å²) < 4.78 is 5.88. The van der Waals surface area contributed by atoms with Crippen molar-refractivity contribution in [2.45, 2.75) is 19.8 Å². The van der Waals surface area contributed by atoms with Gasteiger partial charge in [-0.3, -0.25) is 9.59 Å². The van der Waals surface area contributed by atoms with Crippen LogP contribution in [0.15, 0.2) is 24.3 Å². The topological polar surface area (TPSA) is 56.3 Å². The number of carbonyl (C=O) groups is 2. The molecule has 1 aromatic heterocycles. The minimum Gasteiger partial charge on any atom is -0.465 e. The number of ether oxygens (including phenoxy) is 1. The summed E-state index contributed by atoms with van der Waals surface area (Å²) in [6.07, 6.45) is 0. The maximum Gasteiger partial charge on any atom is 0.323 e. The van der Waals surface area contributed by atoms with Crippen LogP contribution in [0.25, 0.3) is 10.2 Å². The molecule has 1 heterocycles. The molecule has 0 unspecified atom stereocenters. The third kappa shape index (κ3) is 2.41. The number of hydrogen-bond acceptors (Lipinski definition) is 5. The number of esters is 1. The van der Waals surface area contributed by atoms with Crippen LogP contribution in [0.3, 0.4) is 0 Å². The summed E-state index contributed by atoms with van der Waals surface area (Å²) in [5.41, 5.74) is 0.799. The van der Waals surface area contributed by atoms with Crippen LogP contribution in [0.1, 0.15) is 24.8 Å². The molecule has 0 bridgehead atoms. The quantitative estimate of drug-likeness (QED) is 0.628. The third-order valence-corrected chi connectivity index (χ3v) is 3.59. The van der Waals surface area contributed by atoms with Crippen LogP contribution < -0.4 is 0 Å². The summed E-state index contributed by atoms with van der Waals surface area (Å²) in [5.74, 6) is -1.67. The second-order valence-electron chi connectivity index (χ2n) is 3.82. The number of thiazole rings is 1. The van der Waals surface area contributed by atoms with Gasteiger partial charge in [-0.2, -0.15) is 0 Å². The van der Waals surface area contributed by atoms with Gasteiger partial charge in [0.05, 0.1) is 16.8 Å². The number of benzene rings is 1. The van der Waals surface area contributed by atoms with Gasteiger partial charge in [0.1, 0.15) is 5.01 Å². The molecule has 0 amide bonds. The predicted octanol–water partition coefficient (Wildman–Crippen LogP) is 2.53. The SMILES string of the molecule is CCOC(=O)[C@@H](C(C)=O)c1nc2ccccc2s1. The normalized spacial score (nSPS) is 12.3. The van der Waals surface area contributed by atoms with E-state index in [2.05, 4.69) is 4.98 Å². The van der Waals surface area contributed by atoms with Crippen molar-refractivity contribution in [1.82, 2.24) is 4.98 Å². The Hall–Kier alpha value is -1.75. The summed E-state index contributed by atoms with van der Waals surface area (Å²) in [7, 11) is 0. The van der Waals surface area contributed by atoms with Crippen LogP contribution in [0.4, 0.5) is 0 Å². The Kier molecular flexibility index (Phi) is 3.72. The van der Waals surface area contributed by atoms with Crippen molar-refractivity contribution in [2.75, 3.05) is 6.61 Å². The number of para-hydroxylation sites is 1. The molecule has 5 heteroatoms. The van der Waals surface area contributed by atoms with Gasteiger partial charge >= 0.3 is 5.97 Å². The van der Waals surface area contributed by atoms with E-state index < -0.39 is 11.9 Å². The van der Waals surface area contributed by atoms with E-state index in [1.165, 1.54) is 18.3 Å². The maximum atomic E-state index is 11.8. The number of hydrogen-bond donors (Lipinski definition) is 0. The molecule has 18 heavy (non-hydrogen) atoms. The lowest BCUT2D eigenvalue weighted by Crippen LogP contribution is -2.22. The first-order valence-corrected chi connectivity index (χ1v) is 6.47. The monoisotopic (exact) mass is 263 g/mol. The number of carbonyl (C=O) groups excluding carboxylic acids is 2. The maximum absolute atomic E-state index is 11.8. The van der Waals surface area contributed by atoms with Crippen molar-refractivity contribution in [3.8, 4) is 0 Å². The Morgan fingerprint density at radius 3 is 2.72 bits per heavy atom. The van der Waals surface area contributed by atoms with Crippen LogP contribution in [-0.2, 0) is 14.3 Å². The number of ketones is 1. The first-order valence-electron chi connectivity index (χ1n) is 5.66. The number of fused-ring (bicyclic) bond motifs is 1. The van der Waals surface area contributed by atoms with Crippen molar-refractivity contribution in [1.29, 1.82) is 0 Å². The molecule has 0 aliphatic heterocycles. The van der Waals surface area contributed by atoms with Gasteiger partial charge < -0.3 is 4.74 Å². The molecule has 4 nitrogen and oxygen atoms in total. The molecule has 0 N–H and O–H groups in total. The fourth-order valence-corrected chi connectivity index (χ4v) is 2.79. The summed E-state index contributed by atoms with van der Waals surface area (Å²) in [6.45, 7) is 3.36. The number of aromatic nitrogens is 1. The van der Waals surface area contributed by atoms with Gasteiger partial charge in [0, 0.05) is 0 Å². The van der Waals surface area contributed by atoms with Crippen LogP contribution in [0.5, 0.6) is 0 Å². The summed E-state index contributed by atoms with van der Waals surface area (Å²) in [6, 6.07) is 7.55. The zero-order valence-corrected chi connectivity index (χ0v) is 11.0. The number of rotatable bonds is 4. The largest absolute Gasteiger partial charge is 0.465 e. The van der Waals surface area contributed by atoms with E-state index in [-0.39, 0.29) is 12.4 Å². The van der Waals surface area contributed by atoms with Crippen molar-refractivity contribution in [3.63, 3.8) is 0 Å². The first-order chi connectivity index (χ1) is 8.63. The van der Waals surface area contributed by atoms with E-state index in [0.29, 0.717) is 5.01 Å². The molecule has 2 aromatic rings. The lowest BCUT2D eigenvalue weighted by Gasteiger charge is -2.09. The fraction of sp³-hybridized carbons (Fsp3) is 0.308. The third-order valence-electron chi connectivity index (χ3n) is 2.49. The smallest absolute Gasteiger partial charge is 0.323 e. The Balaban J connectivity index is 2.42. The summed E-state index contributed by atoms with van der Waals surface area (Å²) in [4.78, 5) is 27.7. The average molecular weight is 263 g/mol. The number of nitrogens with zero attached hydrogens (tertiary/aromatic N) is 1. The van der Waals surface area contributed by atoms with Crippen molar-refractivity contribution >= 4 is 33.3 Å². The lowest BCUT2D eigenvalue weighted by atomic mass is 10.1. The molecule has 2 rings (SSSR count). The standard InChI is InChI=1S/C13H13NO3S/c1-3-17-13(16)11(8(2)15)12-14-9-6-4-5-7-10(9)18-12/h4-7,11H,3H2,1-2H3/t11-/m0/s1. The van der Waals surface area contributed by atoms with Gasteiger partial charge in [-0.25, -0.2) is 4.98 Å². The summed E-state index contributed by atoms with van der Waals surface area (Å²) in [5, 5.41) is 0.502. The minimum absolute atomic E-state index is 0.243. The highest BCUT2D eigenvalue weighted by Crippen LogP contribution is 2.28. The van der Waals surface area contributed by atoms with E-state index in [9.17, 15) is 9.59 Å². The molecule has 0 spiro atoms. The zero-order valence-electron chi connectivity index (χ0n) is 10.2. The Labute approximate surface area is 109 Å². The molecule has 1 atom stereocenters.